The number of hydrogen-bond acceptors (Lipinski definition) is 5. The van der Waals surface area contributed by atoms with Crippen LogP contribution < -0.4 is 10.0 Å². The van der Waals surface area contributed by atoms with Crippen LogP contribution in [0.5, 0.6) is 0 Å². The van der Waals surface area contributed by atoms with Crippen LogP contribution in [0.2, 0.25) is 0 Å². The standard InChI is InChI=1S/C11H17N3O2S2/c1-12-11-5-4-10(7-13-11)18(15,16)14-9-3-2-6-17-8-9/h4-5,7,9,14H,2-3,6,8H2,1H3,(H,12,13). The molecule has 1 atom stereocenters. The van der Waals surface area contributed by atoms with E-state index in [0.29, 0.717) is 5.82 Å². The van der Waals surface area contributed by atoms with Gasteiger partial charge < -0.3 is 5.32 Å². The van der Waals surface area contributed by atoms with Gasteiger partial charge in [0.1, 0.15) is 10.7 Å². The van der Waals surface area contributed by atoms with E-state index in [2.05, 4.69) is 15.0 Å². The summed E-state index contributed by atoms with van der Waals surface area (Å²) in [5, 5.41) is 2.86. The van der Waals surface area contributed by atoms with Gasteiger partial charge >= 0.3 is 0 Å². The predicted molar refractivity (Wildman–Crippen MR) is 74.5 cm³/mol. The first kappa shape index (κ1) is 13.6. The van der Waals surface area contributed by atoms with Gasteiger partial charge in [-0.25, -0.2) is 18.1 Å². The molecule has 0 aromatic carbocycles. The average Bonchev–Trinajstić information content (AvgIpc) is 2.39. The number of thioether (sulfide) groups is 1. The van der Waals surface area contributed by atoms with Crippen LogP contribution in [0.25, 0.3) is 0 Å². The van der Waals surface area contributed by atoms with Gasteiger partial charge in [-0.05, 0) is 30.7 Å². The second-order valence-electron chi connectivity index (χ2n) is 4.16. The number of anilines is 1. The van der Waals surface area contributed by atoms with E-state index in [4.69, 9.17) is 0 Å². The Morgan fingerprint density at radius 2 is 2.28 bits per heavy atom. The van der Waals surface area contributed by atoms with Gasteiger partial charge in [0, 0.05) is 25.0 Å². The molecule has 100 valence electrons. The van der Waals surface area contributed by atoms with E-state index in [1.807, 2.05) is 0 Å². The largest absolute Gasteiger partial charge is 0.373 e. The Morgan fingerprint density at radius 3 is 2.83 bits per heavy atom. The summed E-state index contributed by atoms with van der Waals surface area (Å²) in [4.78, 5) is 4.24. The molecule has 2 rings (SSSR count). The van der Waals surface area contributed by atoms with Gasteiger partial charge in [-0.15, -0.1) is 0 Å². The van der Waals surface area contributed by atoms with Crippen LogP contribution in [0.15, 0.2) is 23.2 Å². The highest BCUT2D eigenvalue weighted by Gasteiger charge is 2.22. The minimum Gasteiger partial charge on any atom is -0.373 e. The molecule has 0 saturated carbocycles. The van der Waals surface area contributed by atoms with E-state index in [0.717, 1.165) is 24.3 Å². The number of sulfonamides is 1. The van der Waals surface area contributed by atoms with Crippen molar-refractivity contribution in [3.05, 3.63) is 18.3 Å². The summed E-state index contributed by atoms with van der Waals surface area (Å²) in [6.45, 7) is 0. The molecule has 1 unspecified atom stereocenters. The fourth-order valence-corrected chi connectivity index (χ4v) is 4.20. The SMILES string of the molecule is CNc1ccc(S(=O)(=O)NC2CCCSC2)cn1. The van der Waals surface area contributed by atoms with Crippen molar-refractivity contribution < 1.29 is 8.42 Å². The fourth-order valence-electron chi connectivity index (χ4n) is 1.81. The van der Waals surface area contributed by atoms with Crippen molar-refractivity contribution in [3.8, 4) is 0 Å². The molecule has 18 heavy (non-hydrogen) atoms. The number of nitrogens with one attached hydrogen (secondary N) is 2. The van der Waals surface area contributed by atoms with Gasteiger partial charge in [0.15, 0.2) is 0 Å². The molecule has 0 radical (unpaired) electrons. The summed E-state index contributed by atoms with van der Waals surface area (Å²) in [6.07, 6.45) is 3.35. The van der Waals surface area contributed by atoms with Gasteiger partial charge in [-0.2, -0.15) is 11.8 Å². The molecule has 0 amide bonds. The maximum atomic E-state index is 12.1. The van der Waals surface area contributed by atoms with E-state index in [9.17, 15) is 8.42 Å². The van der Waals surface area contributed by atoms with Gasteiger partial charge in [0.25, 0.3) is 0 Å². The Bertz CT molecular complexity index is 482. The molecule has 1 aliphatic heterocycles. The summed E-state index contributed by atoms with van der Waals surface area (Å²) >= 11 is 1.79. The van der Waals surface area contributed by atoms with Crippen LogP contribution in [-0.4, -0.2) is 38.0 Å². The van der Waals surface area contributed by atoms with E-state index in [1.165, 1.54) is 6.20 Å². The first-order valence-corrected chi connectivity index (χ1v) is 8.49. The lowest BCUT2D eigenvalue weighted by atomic mass is 10.2. The average molecular weight is 287 g/mol. The summed E-state index contributed by atoms with van der Waals surface area (Å²) in [5.41, 5.74) is 0. The molecule has 0 bridgehead atoms. The number of hydrogen-bond donors (Lipinski definition) is 2. The molecule has 2 heterocycles. The lowest BCUT2D eigenvalue weighted by Crippen LogP contribution is -2.38. The third-order valence-corrected chi connectivity index (χ3v) is 5.51. The molecule has 1 fully saturated rings. The molecule has 1 aromatic rings. The zero-order valence-electron chi connectivity index (χ0n) is 10.2. The lowest BCUT2D eigenvalue weighted by Gasteiger charge is -2.22. The first-order chi connectivity index (χ1) is 8.62. The molecule has 0 spiro atoms. The molecular weight excluding hydrogens is 270 g/mol. The molecule has 5 nitrogen and oxygen atoms in total. The molecule has 2 N–H and O–H groups in total. The number of rotatable bonds is 4. The smallest absolute Gasteiger partial charge is 0.242 e. The Balaban J connectivity index is 2.08. The van der Waals surface area contributed by atoms with Crippen molar-refractivity contribution in [2.45, 2.75) is 23.8 Å². The van der Waals surface area contributed by atoms with Gasteiger partial charge in [-0.3, -0.25) is 0 Å². The van der Waals surface area contributed by atoms with Crippen LogP contribution in [-0.2, 0) is 10.0 Å². The Morgan fingerprint density at radius 1 is 1.44 bits per heavy atom. The highest BCUT2D eigenvalue weighted by molar-refractivity contribution is 7.99. The number of aromatic nitrogens is 1. The normalized spacial score (nSPS) is 20.6. The molecule has 1 aromatic heterocycles. The van der Waals surface area contributed by atoms with Crippen molar-refractivity contribution in [3.63, 3.8) is 0 Å². The zero-order chi connectivity index (χ0) is 13.0. The van der Waals surface area contributed by atoms with Crippen molar-refractivity contribution in [2.75, 3.05) is 23.9 Å². The maximum Gasteiger partial charge on any atom is 0.242 e. The van der Waals surface area contributed by atoms with Crippen molar-refractivity contribution >= 4 is 27.6 Å². The first-order valence-electron chi connectivity index (χ1n) is 5.86. The number of pyridine rings is 1. The molecule has 1 saturated heterocycles. The highest BCUT2D eigenvalue weighted by Crippen LogP contribution is 2.19. The van der Waals surface area contributed by atoms with Crippen molar-refractivity contribution in [2.24, 2.45) is 0 Å². The topological polar surface area (TPSA) is 71.1 Å². The van der Waals surface area contributed by atoms with E-state index in [-0.39, 0.29) is 10.9 Å². The van der Waals surface area contributed by atoms with Crippen molar-refractivity contribution in [1.29, 1.82) is 0 Å². The minimum atomic E-state index is -3.44. The van der Waals surface area contributed by atoms with Gasteiger partial charge in [-0.1, -0.05) is 0 Å². The van der Waals surface area contributed by atoms with Crippen molar-refractivity contribution in [1.82, 2.24) is 9.71 Å². The Hall–Kier alpha value is -0.790. The third kappa shape index (κ3) is 3.37. The summed E-state index contributed by atoms with van der Waals surface area (Å²) in [6, 6.07) is 3.26. The second kappa shape index (κ2) is 5.90. The lowest BCUT2D eigenvalue weighted by molar-refractivity contribution is 0.543. The van der Waals surface area contributed by atoms with E-state index >= 15 is 0 Å². The molecular formula is C11H17N3O2S2. The van der Waals surface area contributed by atoms with Crippen LogP contribution in [0, 0.1) is 0 Å². The van der Waals surface area contributed by atoms with Crippen LogP contribution in [0.3, 0.4) is 0 Å². The molecule has 0 aliphatic carbocycles. The number of nitrogens with zero attached hydrogens (tertiary/aromatic N) is 1. The predicted octanol–water partition coefficient (Wildman–Crippen LogP) is 1.30. The Kier molecular flexibility index (Phi) is 4.47. The summed E-state index contributed by atoms with van der Waals surface area (Å²) < 4.78 is 27.0. The maximum absolute atomic E-state index is 12.1. The minimum absolute atomic E-state index is 0.0396. The second-order valence-corrected chi connectivity index (χ2v) is 7.03. The Labute approximate surface area is 112 Å². The quantitative estimate of drug-likeness (QED) is 0.873. The van der Waals surface area contributed by atoms with Crippen LogP contribution in [0.1, 0.15) is 12.8 Å². The van der Waals surface area contributed by atoms with Gasteiger partial charge in [0.05, 0.1) is 0 Å². The fraction of sp³-hybridized carbons (Fsp3) is 0.545. The molecule has 7 heteroatoms. The highest BCUT2D eigenvalue weighted by atomic mass is 32.2. The zero-order valence-corrected chi connectivity index (χ0v) is 11.9. The van der Waals surface area contributed by atoms with Crippen LogP contribution >= 0.6 is 11.8 Å². The van der Waals surface area contributed by atoms with E-state index in [1.54, 1.807) is 30.9 Å². The summed E-state index contributed by atoms with van der Waals surface area (Å²) in [7, 11) is -1.69. The summed E-state index contributed by atoms with van der Waals surface area (Å²) in [5.74, 6) is 2.62. The molecule has 1 aliphatic rings. The van der Waals surface area contributed by atoms with E-state index < -0.39 is 10.0 Å². The third-order valence-electron chi connectivity index (χ3n) is 2.78. The monoisotopic (exact) mass is 287 g/mol. The van der Waals surface area contributed by atoms with Crippen LogP contribution in [0.4, 0.5) is 5.82 Å². The van der Waals surface area contributed by atoms with Gasteiger partial charge in [0.2, 0.25) is 10.0 Å².